The molecule has 1 amide bonds. The highest BCUT2D eigenvalue weighted by atomic mass is 16.5. The van der Waals surface area contributed by atoms with Crippen LogP contribution >= 0.6 is 0 Å². The van der Waals surface area contributed by atoms with Crippen molar-refractivity contribution in [2.75, 3.05) is 19.6 Å². The van der Waals surface area contributed by atoms with Crippen LogP contribution in [0.4, 0.5) is 4.79 Å². The maximum atomic E-state index is 11.4. The summed E-state index contributed by atoms with van der Waals surface area (Å²) in [5, 5.41) is 6.06. The molecule has 0 saturated carbocycles. The quantitative estimate of drug-likeness (QED) is 0.830. The Balaban J connectivity index is 1.64. The molecule has 0 unspecified atom stereocenters. The van der Waals surface area contributed by atoms with Crippen LogP contribution in [-0.2, 0) is 11.3 Å². The van der Waals surface area contributed by atoms with Gasteiger partial charge in [0.25, 0.3) is 0 Å². The van der Waals surface area contributed by atoms with E-state index in [1.54, 1.807) is 0 Å². The van der Waals surface area contributed by atoms with Crippen molar-refractivity contribution in [2.24, 2.45) is 5.92 Å². The molecule has 1 aliphatic rings. The standard InChI is InChI=1S/C13H18N2O2/c16-13(15-9-12-6-7-14-8-12)17-10-11-4-2-1-3-5-11/h1-5,12,14H,6-10H2,(H,15,16)/t12-/m0/s1. The van der Waals surface area contributed by atoms with Gasteiger partial charge >= 0.3 is 6.09 Å². The lowest BCUT2D eigenvalue weighted by atomic mass is 10.1. The van der Waals surface area contributed by atoms with E-state index in [1.165, 1.54) is 0 Å². The summed E-state index contributed by atoms with van der Waals surface area (Å²) in [6, 6.07) is 9.68. The van der Waals surface area contributed by atoms with Crippen LogP contribution in [0.1, 0.15) is 12.0 Å². The summed E-state index contributed by atoms with van der Waals surface area (Å²) in [5.41, 5.74) is 1.00. The van der Waals surface area contributed by atoms with E-state index >= 15 is 0 Å². The lowest BCUT2D eigenvalue weighted by Crippen LogP contribution is -2.30. The normalized spacial score (nSPS) is 18.9. The van der Waals surface area contributed by atoms with Crippen LogP contribution in [-0.4, -0.2) is 25.7 Å². The van der Waals surface area contributed by atoms with Gasteiger partial charge in [0, 0.05) is 6.54 Å². The first-order valence-electron chi connectivity index (χ1n) is 6.00. The maximum Gasteiger partial charge on any atom is 0.407 e. The van der Waals surface area contributed by atoms with Crippen molar-refractivity contribution in [3.05, 3.63) is 35.9 Å². The molecular formula is C13H18N2O2. The number of benzene rings is 1. The van der Waals surface area contributed by atoms with Gasteiger partial charge in [0.1, 0.15) is 6.61 Å². The van der Waals surface area contributed by atoms with Gasteiger partial charge in [0.05, 0.1) is 0 Å². The van der Waals surface area contributed by atoms with E-state index in [0.29, 0.717) is 19.1 Å². The first-order chi connectivity index (χ1) is 8.34. The summed E-state index contributed by atoms with van der Waals surface area (Å²) >= 11 is 0. The number of rotatable bonds is 4. The molecule has 0 spiro atoms. The Morgan fingerprint density at radius 2 is 2.24 bits per heavy atom. The number of hydrogen-bond acceptors (Lipinski definition) is 3. The van der Waals surface area contributed by atoms with E-state index in [1.807, 2.05) is 30.3 Å². The van der Waals surface area contributed by atoms with Crippen LogP contribution in [0.2, 0.25) is 0 Å². The number of carbonyl (C=O) groups excluding carboxylic acids is 1. The molecule has 1 aromatic carbocycles. The molecule has 0 bridgehead atoms. The molecule has 4 nitrogen and oxygen atoms in total. The second kappa shape index (κ2) is 6.25. The second-order valence-corrected chi connectivity index (χ2v) is 4.30. The van der Waals surface area contributed by atoms with E-state index in [4.69, 9.17) is 4.74 Å². The van der Waals surface area contributed by atoms with E-state index in [0.717, 1.165) is 25.1 Å². The zero-order chi connectivity index (χ0) is 11.9. The van der Waals surface area contributed by atoms with E-state index in [-0.39, 0.29) is 6.09 Å². The molecule has 0 aromatic heterocycles. The largest absolute Gasteiger partial charge is 0.445 e. The Morgan fingerprint density at radius 3 is 2.94 bits per heavy atom. The van der Waals surface area contributed by atoms with Gasteiger partial charge in [0.2, 0.25) is 0 Å². The minimum atomic E-state index is -0.333. The van der Waals surface area contributed by atoms with E-state index < -0.39 is 0 Å². The molecular weight excluding hydrogens is 216 g/mol. The average Bonchev–Trinajstić information content (AvgIpc) is 2.88. The number of nitrogens with one attached hydrogen (secondary N) is 2. The van der Waals surface area contributed by atoms with Gasteiger partial charge in [-0.1, -0.05) is 30.3 Å². The van der Waals surface area contributed by atoms with Gasteiger partial charge < -0.3 is 15.4 Å². The van der Waals surface area contributed by atoms with E-state index in [2.05, 4.69) is 10.6 Å². The van der Waals surface area contributed by atoms with Crippen molar-refractivity contribution in [3.8, 4) is 0 Å². The SMILES string of the molecule is O=C(NC[C@H]1CCNC1)OCc1ccccc1. The third kappa shape index (κ3) is 4.07. The Kier molecular flexibility index (Phi) is 4.38. The molecule has 1 heterocycles. The molecule has 1 saturated heterocycles. The Bertz CT molecular complexity index is 348. The van der Waals surface area contributed by atoms with Gasteiger partial charge in [-0.05, 0) is 31.0 Å². The summed E-state index contributed by atoms with van der Waals surface area (Å²) in [6.45, 7) is 3.06. The summed E-state index contributed by atoms with van der Waals surface area (Å²) < 4.78 is 5.12. The fourth-order valence-electron chi connectivity index (χ4n) is 1.89. The molecule has 1 aliphatic heterocycles. The molecule has 0 aliphatic carbocycles. The molecule has 2 rings (SSSR count). The Hall–Kier alpha value is -1.55. The van der Waals surface area contributed by atoms with Gasteiger partial charge in [-0.25, -0.2) is 4.79 Å². The summed E-state index contributed by atoms with van der Waals surface area (Å²) in [5.74, 6) is 0.541. The van der Waals surface area contributed by atoms with Crippen molar-refractivity contribution in [1.29, 1.82) is 0 Å². The minimum Gasteiger partial charge on any atom is -0.445 e. The summed E-state index contributed by atoms with van der Waals surface area (Å²) in [6.07, 6.45) is 0.791. The van der Waals surface area contributed by atoms with Crippen LogP contribution in [0.3, 0.4) is 0 Å². The van der Waals surface area contributed by atoms with Crippen LogP contribution in [0.5, 0.6) is 0 Å². The lowest BCUT2D eigenvalue weighted by Gasteiger charge is -2.10. The van der Waals surface area contributed by atoms with Crippen LogP contribution in [0, 0.1) is 5.92 Å². The monoisotopic (exact) mass is 234 g/mol. The smallest absolute Gasteiger partial charge is 0.407 e. The molecule has 4 heteroatoms. The van der Waals surface area contributed by atoms with Crippen molar-refractivity contribution >= 4 is 6.09 Å². The topological polar surface area (TPSA) is 50.4 Å². The van der Waals surface area contributed by atoms with E-state index in [9.17, 15) is 4.79 Å². The van der Waals surface area contributed by atoms with Gasteiger partial charge in [-0.15, -0.1) is 0 Å². The van der Waals surface area contributed by atoms with Crippen LogP contribution in [0.15, 0.2) is 30.3 Å². The van der Waals surface area contributed by atoms with Gasteiger partial charge in [-0.2, -0.15) is 0 Å². The second-order valence-electron chi connectivity index (χ2n) is 4.30. The van der Waals surface area contributed by atoms with Crippen molar-refractivity contribution in [3.63, 3.8) is 0 Å². The third-order valence-electron chi connectivity index (χ3n) is 2.91. The molecule has 17 heavy (non-hydrogen) atoms. The summed E-state index contributed by atoms with van der Waals surface area (Å²) in [4.78, 5) is 11.4. The van der Waals surface area contributed by atoms with Crippen molar-refractivity contribution in [2.45, 2.75) is 13.0 Å². The fourth-order valence-corrected chi connectivity index (χ4v) is 1.89. The van der Waals surface area contributed by atoms with Crippen LogP contribution < -0.4 is 10.6 Å². The lowest BCUT2D eigenvalue weighted by molar-refractivity contribution is 0.138. The first kappa shape index (κ1) is 11.9. The van der Waals surface area contributed by atoms with Crippen LogP contribution in [0.25, 0.3) is 0 Å². The maximum absolute atomic E-state index is 11.4. The number of alkyl carbamates (subject to hydrolysis) is 1. The zero-order valence-electron chi connectivity index (χ0n) is 9.82. The first-order valence-corrected chi connectivity index (χ1v) is 6.00. The zero-order valence-corrected chi connectivity index (χ0v) is 9.82. The molecule has 0 radical (unpaired) electrons. The molecule has 1 atom stereocenters. The Morgan fingerprint density at radius 1 is 1.41 bits per heavy atom. The molecule has 2 N–H and O–H groups in total. The Labute approximate surface area is 101 Å². The molecule has 92 valence electrons. The third-order valence-corrected chi connectivity index (χ3v) is 2.91. The van der Waals surface area contributed by atoms with Crippen molar-refractivity contribution < 1.29 is 9.53 Å². The minimum absolute atomic E-state index is 0.329. The number of hydrogen-bond donors (Lipinski definition) is 2. The van der Waals surface area contributed by atoms with Gasteiger partial charge in [0.15, 0.2) is 0 Å². The van der Waals surface area contributed by atoms with Gasteiger partial charge in [-0.3, -0.25) is 0 Å². The molecule has 1 fully saturated rings. The number of carbonyl (C=O) groups is 1. The predicted molar refractivity (Wildman–Crippen MR) is 65.6 cm³/mol. The number of ether oxygens (including phenoxy) is 1. The van der Waals surface area contributed by atoms with Crippen molar-refractivity contribution in [1.82, 2.24) is 10.6 Å². The highest BCUT2D eigenvalue weighted by Gasteiger charge is 2.15. The molecule has 1 aromatic rings. The highest BCUT2D eigenvalue weighted by molar-refractivity contribution is 5.67. The highest BCUT2D eigenvalue weighted by Crippen LogP contribution is 2.05. The predicted octanol–water partition coefficient (Wildman–Crippen LogP) is 1.52. The number of amides is 1. The average molecular weight is 234 g/mol. The fraction of sp³-hybridized carbons (Fsp3) is 0.462. The summed E-state index contributed by atoms with van der Waals surface area (Å²) in [7, 11) is 0.